The normalized spacial score (nSPS) is 15.7. The summed E-state index contributed by atoms with van der Waals surface area (Å²) in [5.41, 5.74) is 0. The molecule has 4 heteroatoms. The van der Waals surface area contributed by atoms with E-state index in [2.05, 4.69) is 10.3 Å². The van der Waals surface area contributed by atoms with Crippen LogP contribution in [-0.4, -0.2) is 17.6 Å². The number of anilines is 1. The molecule has 13 heavy (non-hydrogen) atoms. The first-order valence-electron chi connectivity index (χ1n) is 4.00. The van der Waals surface area contributed by atoms with Crippen LogP contribution < -0.4 is 10.2 Å². The van der Waals surface area contributed by atoms with Crippen molar-refractivity contribution >= 4 is 11.7 Å². The van der Waals surface area contributed by atoms with E-state index in [1.165, 1.54) is 6.08 Å². The van der Waals surface area contributed by atoms with Crippen LogP contribution in [0, 0.1) is 0 Å². The van der Waals surface area contributed by atoms with Crippen LogP contribution in [0.5, 0.6) is 0 Å². The largest absolute Gasteiger partial charge is 0.335 e. The highest BCUT2D eigenvalue weighted by Crippen LogP contribution is 2.09. The first kappa shape index (κ1) is 7.79. The zero-order valence-electron chi connectivity index (χ0n) is 6.97. The van der Waals surface area contributed by atoms with Gasteiger partial charge < -0.3 is 10.2 Å². The molecule has 0 spiro atoms. The highest BCUT2D eigenvalue weighted by atomic mass is 16.1. The van der Waals surface area contributed by atoms with Gasteiger partial charge in [0.05, 0.1) is 6.67 Å². The summed E-state index contributed by atoms with van der Waals surface area (Å²) in [6, 6.07) is 5.66. The lowest BCUT2D eigenvalue weighted by molar-refractivity contribution is -0.116. The van der Waals surface area contributed by atoms with Gasteiger partial charge in [0.15, 0.2) is 0 Å². The van der Waals surface area contributed by atoms with Crippen LogP contribution in [0.3, 0.4) is 0 Å². The molecule has 1 aromatic rings. The molecule has 0 radical (unpaired) electrons. The molecule has 1 aliphatic rings. The average molecular weight is 175 g/mol. The Labute approximate surface area is 75.9 Å². The van der Waals surface area contributed by atoms with E-state index in [-0.39, 0.29) is 5.91 Å². The second kappa shape index (κ2) is 3.26. The third-order valence-corrected chi connectivity index (χ3v) is 1.77. The van der Waals surface area contributed by atoms with Crippen LogP contribution in [0.25, 0.3) is 0 Å². The van der Waals surface area contributed by atoms with Gasteiger partial charge >= 0.3 is 0 Å². The van der Waals surface area contributed by atoms with Gasteiger partial charge in [-0.25, -0.2) is 4.98 Å². The second-order valence-corrected chi connectivity index (χ2v) is 2.67. The second-order valence-electron chi connectivity index (χ2n) is 2.67. The van der Waals surface area contributed by atoms with Crippen LogP contribution in [0.15, 0.2) is 36.7 Å². The molecule has 1 N–H and O–H groups in total. The Kier molecular flexibility index (Phi) is 1.96. The summed E-state index contributed by atoms with van der Waals surface area (Å²) < 4.78 is 0. The minimum absolute atomic E-state index is 0.0628. The van der Waals surface area contributed by atoms with E-state index < -0.39 is 0 Å². The standard InChI is InChI=1S/C9H9N3O/c13-9-4-6-12(7-11-9)8-3-1-2-5-10-8/h1-6H,7H2,(H,11,13). The van der Waals surface area contributed by atoms with Crippen molar-refractivity contribution in [1.82, 2.24) is 10.3 Å². The Morgan fingerprint density at radius 1 is 1.46 bits per heavy atom. The fourth-order valence-corrected chi connectivity index (χ4v) is 1.11. The molecule has 66 valence electrons. The SMILES string of the molecule is O=C1C=CN(c2ccccn2)CN1. The van der Waals surface area contributed by atoms with Crippen molar-refractivity contribution in [3.8, 4) is 0 Å². The van der Waals surface area contributed by atoms with Gasteiger partial charge in [-0.3, -0.25) is 4.79 Å². The van der Waals surface area contributed by atoms with Gasteiger partial charge in [-0.2, -0.15) is 0 Å². The Morgan fingerprint density at radius 2 is 2.38 bits per heavy atom. The number of rotatable bonds is 1. The number of amides is 1. The van der Waals surface area contributed by atoms with Crippen molar-refractivity contribution in [3.63, 3.8) is 0 Å². The maximum atomic E-state index is 10.8. The highest BCUT2D eigenvalue weighted by molar-refractivity contribution is 5.89. The monoisotopic (exact) mass is 175 g/mol. The molecule has 2 heterocycles. The number of hydrogen-bond donors (Lipinski definition) is 1. The maximum absolute atomic E-state index is 10.8. The quantitative estimate of drug-likeness (QED) is 0.675. The van der Waals surface area contributed by atoms with E-state index >= 15 is 0 Å². The van der Waals surface area contributed by atoms with E-state index in [4.69, 9.17) is 0 Å². The zero-order valence-corrected chi connectivity index (χ0v) is 6.97. The summed E-state index contributed by atoms with van der Waals surface area (Å²) in [7, 11) is 0. The number of nitrogens with one attached hydrogen (secondary N) is 1. The Balaban J connectivity index is 2.20. The third-order valence-electron chi connectivity index (χ3n) is 1.77. The molecule has 1 amide bonds. The number of carbonyl (C=O) groups excluding carboxylic acids is 1. The van der Waals surface area contributed by atoms with Crippen molar-refractivity contribution in [2.45, 2.75) is 0 Å². The summed E-state index contributed by atoms with van der Waals surface area (Å²) >= 11 is 0. The Morgan fingerprint density at radius 3 is 3.00 bits per heavy atom. The lowest BCUT2D eigenvalue weighted by atomic mass is 10.4. The maximum Gasteiger partial charge on any atom is 0.246 e. The third kappa shape index (κ3) is 1.66. The molecular weight excluding hydrogens is 166 g/mol. The van der Waals surface area contributed by atoms with E-state index in [0.717, 1.165) is 5.82 Å². The molecule has 0 unspecified atom stereocenters. The fraction of sp³-hybridized carbons (Fsp3) is 0.111. The van der Waals surface area contributed by atoms with Crippen LogP contribution in [-0.2, 0) is 4.79 Å². The van der Waals surface area contributed by atoms with Crippen LogP contribution in [0.4, 0.5) is 5.82 Å². The van der Waals surface area contributed by atoms with Gasteiger partial charge in [0, 0.05) is 18.5 Å². The van der Waals surface area contributed by atoms with Gasteiger partial charge in [-0.05, 0) is 12.1 Å². The van der Waals surface area contributed by atoms with Crippen molar-refractivity contribution < 1.29 is 4.79 Å². The summed E-state index contributed by atoms with van der Waals surface area (Å²) in [6.45, 7) is 0.479. The Hall–Kier alpha value is -1.84. The fourth-order valence-electron chi connectivity index (χ4n) is 1.11. The predicted octanol–water partition coefficient (Wildman–Crippen LogP) is 0.489. The van der Waals surface area contributed by atoms with Gasteiger partial charge in [0.25, 0.3) is 0 Å². The molecule has 0 fully saturated rings. The number of carbonyl (C=O) groups is 1. The lowest BCUT2D eigenvalue weighted by Gasteiger charge is -2.22. The van der Waals surface area contributed by atoms with Crippen LogP contribution in [0.2, 0.25) is 0 Å². The minimum Gasteiger partial charge on any atom is -0.335 e. The molecule has 0 aromatic carbocycles. The zero-order chi connectivity index (χ0) is 9.10. The molecular formula is C9H9N3O. The molecule has 0 saturated carbocycles. The van der Waals surface area contributed by atoms with Crippen molar-refractivity contribution in [2.24, 2.45) is 0 Å². The molecule has 0 bridgehead atoms. The summed E-state index contributed by atoms with van der Waals surface area (Å²) in [6.07, 6.45) is 4.93. The molecule has 0 saturated heterocycles. The van der Waals surface area contributed by atoms with Crippen LogP contribution >= 0.6 is 0 Å². The molecule has 0 aliphatic carbocycles. The lowest BCUT2D eigenvalue weighted by Crippen LogP contribution is -2.38. The van der Waals surface area contributed by atoms with E-state index in [0.29, 0.717) is 6.67 Å². The minimum atomic E-state index is -0.0628. The van der Waals surface area contributed by atoms with Crippen LogP contribution in [0.1, 0.15) is 0 Å². The Bertz CT molecular complexity index is 334. The van der Waals surface area contributed by atoms with Crippen molar-refractivity contribution in [2.75, 3.05) is 11.6 Å². The molecule has 4 nitrogen and oxygen atoms in total. The topological polar surface area (TPSA) is 45.2 Å². The molecule has 1 aliphatic heterocycles. The number of pyridine rings is 1. The summed E-state index contributed by atoms with van der Waals surface area (Å²) in [5.74, 6) is 0.769. The highest BCUT2D eigenvalue weighted by Gasteiger charge is 2.09. The number of hydrogen-bond acceptors (Lipinski definition) is 3. The molecule has 0 atom stereocenters. The van der Waals surface area contributed by atoms with E-state index in [1.54, 1.807) is 12.4 Å². The average Bonchev–Trinajstić information content (AvgIpc) is 2.20. The van der Waals surface area contributed by atoms with Crippen molar-refractivity contribution in [3.05, 3.63) is 36.7 Å². The van der Waals surface area contributed by atoms with E-state index in [9.17, 15) is 4.79 Å². The van der Waals surface area contributed by atoms with Gasteiger partial charge in [-0.15, -0.1) is 0 Å². The number of nitrogens with zero attached hydrogens (tertiary/aromatic N) is 2. The first-order valence-corrected chi connectivity index (χ1v) is 4.00. The first-order chi connectivity index (χ1) is 6.36. The smallest absolute Gasteiger partial charge is 0.246 e. The van der Waals surface area contributed by atoms with Gasteiger partial charge in [0.1, 0.15) is 5.82 Å². The van der Waals surface area contributed by atoms with Gasteiger partial charge in [0.2, 0.25) is 5.91 Å². The number of aromatic nitrogens is 1. The predicted molar refractivity (Wildman–Crippen MR) is 48.9 cm³/mol. The van der Waals surface area contributed by atoms with Gasteiger partial charge in [-0.1, -0.05) is 6.07 Å². The van der Waals surface area contributed by atoms with Crippen molar-refractivity contribution in [1.29, 1.82) is 0 Å². The van der Waals surface area contributed by atoms with E-state index in [1.807, 2.05) is 23.1 Å². The molecule has 1 aromatic heterocycles. The molecule has 2 rings (SSSR count). The summed E-state index contributed by atoms with van der Waals surface area (Å²) in [4.78, 5) is 16.8. The summed E-state index contributed by atoms with van der Waals surface area (Å²) in [5, 5.41) is 2.69.